The van der Waals surface area contributed by atoms with Crippen LogP contribution in [0.2, 0.25) is 10.0 Å². The Morgan fingerprint density at radius 3 is 2.33 bits per heavy atom. The molecule has 0 fully saturated rings. The highest BCUT2D eigenvalue weighted by Crippen LogP contribution is 2.31. The van der Waals surface area contributed by atoms with E-state index >= 15 is 0 Å². The molecule has 0 saturated heterocycles. The molecule has 1 N–H and O–H groups in total. The molecule has 0 spiro atoms. The molecule has 0 aliphatic heterocycles. The van der Waals surface area contributed by atoms with Gasteiger partial charge in [0.05, 0.1) is 17.0 Å². The number of amides is 2. The first kappa shape index (κ1) is 29.9. The van der Waals surface area contributed by atoms with Gasteiger partial charge in [-0.25, -0.2) is 12.8 Å². The van der Waals surface area contributed by atoms with Crippen LogP contribution in [-0.4, -0.2) is 50.5 Å². The Morgan fingerprint density at radius 1 is 1.08 bits per heavy atom. The number of hydrogen-bond acceptors (Lipinski definition) is 4. The molecule has 0 aliphatic rings. The van der Waals surface area contributed by atoms with E-state index in [2.05, 4.69) is 5.32 Å². The lowest BCUT2D eigenvalue weighted by molar-refractivity contribution is -0.141. The Labute approximate surface area is 222 Å². The van der Waals surface area contributed by atoms with Gasteiger partial charge in [-0.15, -0.1) is 0 Å². The lowest BCUT2D eigenvalue weighted by Gasteiger charge is -2.31. The molecular formula is C25H32Cl2FN3O4S. The summed E-state index contributed by atoms with van der Waals surface area (Å²) >= 11 is 12.3. The fourth-order valence-corrected chi connectivity index (χ4v) is 5.14. The Bertz CT molecular complexity index is 1150. The smallest absolute Gasteiger partial charge is 0.242 e. The molecule has 198 valence electrons. The van der Waals surface area contributed by atoms with Gasteiger partial charge < -0.3 is 10.2 Å². The van der Waals surface area contributed by atoms with Crippen molar-refractivity contribution in [3.05, 3.63) is 63.9 Å². The molecule has 0 aromatic heterocycles. The maximum Gasteiger partial charge on any atom is 0.242 e. The van der Waals surface area contributed by atoms with Crippen LogP contribution >= 0.6 is 23.2 Å². The molecule has 2 amide bonds. The van der Waals surface area contributed by atoms with Gasteiger partial charge in [-0.3, -0.25) is 13.9 Å². The SMILES string of the molecule is CCCNC(=O)C(CC)N(Cc1ccc(F)cc1)C(=O)CCCN(c1cc(Cl)ccc1Cl)S(C)(=O)=O. The van der Waals surface area contributed by atoms with E-state index in [4.69, 9.17) is 23.2 Å². The summed E-state index contributed by atoms with van der Waals surface area (Å²) in [5.41, 5.74) is 0.905. The maximum absolute atomic E-state index is 13.4. The number of carbonyl (C=O) groups excluding carboxylic acids is 2. The Kier molecular flexibility index (Phi) is 11.5. The van der Waals surface area contributed by atoms with Gasteiger partial charge in [0.25, 0.3) is 0 Å². The van der Waals surface area contributed by atoms with E-state index in [9.17, 15) is 22.4 Å². The zero-order valence-electron chi connectivity index (χ0n) is 20.6. The molecule has 0 bridgehead atoms. The second-order valence-electron chi connectivity index (χ2n) is 8.40. The van der Waals surface area contributed by atoms with E-state index < -0.39 is 21.9 Å². The Morgan fingerprint density at radius 2 is 1.75 bits per heavy atom. The van der Waals surface area contributed by atoms with Crippen LogP contribution < -0.4 is 9.62 Å². The quantitative estimate of drug-likeness (QED) is 0.373. The number of nitrogens with zero attached hydrogens (tertiary/aromatic N) is 2. The van der Waals surface area contributed by atoms with Crippen LogP contribution in [0.3, 0.4) is 0 Å². The van der Waals surface area contributed by atoms with Gasteiger partial charge in [0, 0.05) is 31.1 Å². The molecule has 0 aliphatic carbocycles. The summed E-state index contributed by atoms with van der Waals surface area (Å²) in [4.78, 5) is 27.6. The van der Waals surface area contributed by atoms with Gasteiger partial charge in [0.1, 0.15) is 11.9 Å². The molecule has 7 nitrogen and oxygen atoms in total. The van der Waals surface area contributed by atoms with Crippen LogP contribution in [0.15, 0.2) is 42.5 Å². The fourth-order valence-electron chi connectivity index (χ4n) is 3.73. The Hall–Kier alpha value is -2.36. The van der Waals surface area contributed by atoms with E-state index in [0.717, 1.165) is 17.0 Å². The van der Waals surface area contributed by atoms with Crippen LogP contribution in [0.5, 0.6) is 0 Å². The van der Waals surface area contributed by atoms with Crippen molar-refractivity contribution in [3.63, 3.8) is 0 Å². The number of anilines is 1. The molecule has 1 atom stereocenters. The summed E-state index contributed by atoms with van der Waals surface area (Å²) < 4.78 is 39.4. The lowest BCUT2D eigenvalue weighted by Crippen LogP contribution is -2.49. The second-order valence-corrected chi connectivity index (χ2v) is 11.1. The number of hydrogen-bond donors (Lipinski definition) is 1. The lowest BCUT2D eigenvalue weighted by atomic mass is 10.1. The molecule has 11 heteroatoms. The van der Waals surface area contributed by atoms with Crippen molar-refractivity contribution >= 4 is 50.7 Å². The zero-order chi connectivity index (χ0) is 26.9. The molecule has 0 saturated carbocycles. The van der Waals surface area contributed by atoms with Gasteiger partial charge in [-0.2, -0.15) is 0 Å². The first-order valence-corrected chi connectivity index (χ1v) is 14.3. The number of nitrogens with one attached hydrogen (secondary N) is 1. The van der Waals surface area contributed by atoms with Crippen LogP contribution in [0.25, 0.3) is 0 Å². The molecule has 36 heavy (non-hydrogen) atoms. The first-order valence-electron chi connectivity index (χ1n) is 11.7. The summed E-state index contributed by atoms with van der Waals surface area (Å²) in [6.45, 7) is 4.34. The number of halogens is 3. The summed E-state index contributed by atoms with van der Waals surface area (Å²) in [6, 6.07) is 9.54. The van der Waals surface area contributed by atoms with Gasteiger partial charge in [-0.1, -0.05) is 49.2 Å². The average molecular weight is 561 g/mol. The third kappa shape index (κ3) is 8.64. The zero-order valence-corrected chi connectivity index (χ0v) is 23.0. The minimum atomic E-state index is -3.71. The second kappa shape index (κ2) is 13.8. The van der Waals surface area contributed by atoms with Crippen molar-refractivity contribution in [2.75, 3.05) is 23.7 Å². The van der Waals surface area contributed by atoms with Crippen molar-refractivity contribution in [2.24, 2.45) is 0 Å². The molecular weight excluding hydrogens is 528 g/mol. The first-order chi connectivity index (χ1) is 17.0. The normalized spacial score (nSPS) is 12.2. The molecule has 2 rings (SSSR count). The van der Waals surface area contributed by atoms with Gasteiger partial charge in [-0.05, 0) is 55.2 Å². The van der Waals surface area contributed by atoms with Crippen molar-refractivity contribution in [1.29, 1.82) is 0 Å². The van der Waals surface area contributed by atoms with E-state index in [0.29, 0.717) is 23.6 Å². The minimum Gasteiger partial charge on any atom is -0.354 e. The van der Waals surface area contributed by atoms with Crippen molar-refractivity contribution < 1.29 is 22.4 Å². The number of benzene rings is 2. The van der Waals surface area contributed by atoms with Crippen LogP contribution in [0.4, 0.5) is 10.1 Å². The predicted octanol–water partition coefficient (Wildman–Crippen LogP) is 5.01. The van der Waals surface area contributed by atoms with Crippen molar-refractivity contribution in [1.82, 2.24) is 10.2 Å². The fraction of sp³-hybridized carbons (Fsp3) is 0.440. The third-order valence-corrected chi connectivity index (χ3v) is 7.27. The maximum atomic E-state index is 13.4. The van der Waals surface area contributed by atoms with Gasteiger partial charge >= 0.3 is 0 Å². The van der Waals surface area contributed by atoms with E-state index in [1.54, 1.807) is 18.2 Å². The van der Waals surface area contributed by atoms with Crippen LogP contribution in [0, 0.1) is 5.82 Å². The minimum absolute atomic E-state index is 0.00610. The molecule has 0 radical (unpaired) electrons. The third-order valence-electron chi connectivity index (χ3n) is 5.53. The van der Waals surface area contributed by atoms with Gasteiger partial charge in [0.2, 0.25) is 21.8 Å². The number of sulfonamides is 1. The average Bonchev–Trinajstić information content (AvgIpc) is 2.82. The highest BCUT2D eigenvalue weighted by atomic mass is 35.5. The monoisotopic (exact) mass is 559 g/mol. The van der Waals surface area contributed by atoms with E-state index in [-0.39, 0.29) is 48.5 Å². The highest BCUT2D eigenvalue weighted by molar-refractivity contribution is 7.92. The molecule has 1 unspecified atom stereocenters. The summed E-state index contributed by atoms with van der Waals surface area (Å²) in [7, 11) is -3.71. The standard InChI is InChI=1S/C25H32Cl2FN3O4S/c1-4-14-29-25(33)22(5-2)30(17-18-8-11-20(28)12-9-18)24(32)7-6-15-31(36(3,34)35)23-16-19(26)10-13-21(23)27/h8-13,16,22H,4-7,14-15,17H2,1-3H3,(H,29,33). The predicted molar refractivity (Wildman–Crippen MR) is 142 cm³/mol. The Balaban J connectivity index is 2.23. The van der Waals surface area contributed by atoms with Crippen molar-refractivity contribution in [3.8, 4) is 0 Å². The van der Waals surface area contributed by atoms with Gasteiger partial charge in [0.15, 0.2) is 0 Å². The van der Waals surface area contributed by atoms with E-state index in [1.165, 1.54) is 29.2 Å². The van der Waals surface area contributed by atoms with Crippen molar-refractivity contribution in [2.45, 2.75) is 52.1 Å². The topological polar surface area (TPSA) is 86.8 Å². The number of carbonyl (C=O) groups is 2. The summed E-state index contributed by atoms with van der Waals surface area (Å²) in [5, 5.41) is 3.38. The molecule has 2 aromatic carbocycles. The van der Waals surface area contributed by atoms with E-state index in [1.807, 2.05) is 13.8 Å². The number of rotatable bonds is 13. The van der Waals surface area contributed by atoms with Crippen LogP contribution in [-0.2, 0) is 26.2 Å². The van der Waals surface area contributed by atoms with Crippen LogP contribution in [0.1, 0.15) is 45.1 Å². The summed E-state index contributed by atoms with van der Waals surface area (Å²) in [5.74, 6) is -0.980. The molecule has 0 heterocycles. The largest absolute Gasteiger partial charge is 0.354 e. The highest BCUT2D eigenvalue weighted by Gasteiger charge is 2.29. The molecule has 2 aromatic rings. The summed E-state index contributed by atoms with van der Waals surface area (Å²) in [6.07, 6.45) is 2.36.